The van der Waals surface area contributed by atoms with E-state index in [0.29, 0.717) is 16.0 Å². The van der Waals surface area contributed by atoms with E-state index < -0.39 is 0 Å². The van der Waals surface area contributed by atoms with Crippen molar-refractivity contribution in [3.05, 3.63) is 50.3 Å². The number of nitrogens with one attached hydrogen (secondary N) is 1. The second-order valence-electron chi connectivity index (χ2n) is 5.12. The smallest absolute Gasteiger partial charge is 0.135 e. The molecule has 1 fully saturated rings. The Balaban J connectivity index is 1.62. The van der Waals surface area contributed by atoms with Crippen LogP contribution in [0.25, 0.3) is 0 Å². The van der Waals surface area contributed by atoms with E-state index >= 15 is 0 Å². The van der Waals surface area contributed by atoms with Gasteiger partial charge in [0, 0.05) is 28.6 Å². The van der Waals surface area contributed by atoms with Gasteiger partial charge >= 0.3 is 0 Å². The maximum Gasteiger partial charge on any atom is 0.135 e. The van der Waals surface area contributed by atoms with E-state index in [9.17, 15) is 0 Å². The molecule has 0 aliphatic heterocycles. The van der Waals surface area contributed by atoms with Gasteiger partial charge in [-0.2, -0.15) is 0 Å². The summed E-state index contributed by atoms with van der Waals surface area (Å²) in [5.74, 6) is 2.31. The van der Waals surface area contributed by atoms with E-state index in [-0.39, 0.29) is 0 Å². The van der Waals surface area contributed by atoms with Crippen LogP contribution in [0.3, 0.4) is 0 Å². The van der Waals surface area contributed by atoms with Crippen LogP contribution < -0.4 is 5.32 Å². The summed E-state index contributed by atoms with van der Waals surface area (Å²) in [6.07, 6.45) is 3.20. The molecular formula is C15H14BrCl2N3. The average molecular weight is 387 g/mol. The van der Waals surface area contributed by atoms with Gasteiger partial charge in [-0.1, -0.05) is 29.3 Å². The number of hydrogen-bond acceptors (Lipinski definition) is 3. The zero-order chi connectivity index (χ0) is 14.8. The van der Waals surface area contributed by atoms with Crippen LogP contribution in [0.2, 0.25) is 10.0 Å². The van der Waals surface area contributed by atoms with E-state index in [2.05, 4.69) is 31.2 Å². The lowest BCUT2D eigenvalue weighted by atomic mass is 10.1. The minimum Gasteiger partial charge on any atom is -0.370 e. The molecule has 1 heterocycles. The van der Waals surface area contributed by atoms with Crippen molar-refractivity contribution in [3.8, 4) is 0 Å². The maximum atomic E-state index is 6.17. The average Bonchev–Trinajstić information content (AvgIpc) is 3.25. The van der Waals surface area contributed by atoms with Gasteiger partial charge in [-0.05, 0) is 52.9 Å². The lowest BCUT2D eigenvalue weighted by Crippen LogP contribution is -2.08. The van der Waals surface area contributed by atoms with Gasteiger partial charge in [-0.3, -0.25) is 0 Å². The normalized spacial score (nSPS) is 14.2. The van der Waals surface area contributed by atoms with Crippen molar-refractivity contribution < 1.29 is 0 Å². The van der Waals surface area contributed by atoms with Gasteiger partial charge in [0.1, 0.15) is 16.2 Å². The van der Waals surface area contributed by atoms with Crippen LogP contribution in [0, 0.1) is 0 Å². The van der Waals surface area contributed by atoms with Crippen molar-refractivity contribution in [2.75, 3.05) is 11.9 Å². The topological polar surface area (TPSA) is 37.8 Å². The molecule has 2 aromatic rings. The summed E-state index contributed by atoms with van der Waals surface area (Å²) < 4.78 is 0.825. The van der Waals surface area contributed by atoms with E-state index in [1.54, 1.807) is 6.07 Å². The molecule has 1 saturated carbocycles. The molecule has 110 valence electrons. The third-order valence-electron chi connectivity index (χ3n) is 3.37. The van der Waals surface area contributed by atoms with Crippen molar-refractivity contribution >= 4 is 44.9 Å². The predicted molar refractivity (Wildman–Crippen MR) is 90.4 cm³/mol. The number of halogens is 3. The van der Waals surface area contributed by atoms with Gasteiger partial charge < -0.3 is 5.32 Å². The fraction of sp³-hybridized carbons (Fsp3) is 0.333. The summed E-state index contributed by atoms with van der Waals surface area (Å²) in [7, 11) is 0. The Hall–Kier alpha value is -0.840. The second-order valence-corrected chi connectivity index (χ2v) is 6.78. The van der Waals surface area contributed by atoms with Crippen LogP contribution in [0.1, 0.15) is 30.1 Å². The molecule has 1 aliphatic rings. The van der Waals surface area contributed by atoms with Crippen molar-refractivity contribution in [2.45, 2.75) is 25.2 Å². The van der Waals surface area contributed by atoms with Crippen molar-refractivity contribution in [2.24, 2.45) is 0 Å². The van der Waals surface area contributed by atoms with Crippen molar-refractivity contribution in [3.63, 3.8) is 0 Å². The summed E-state index contributed by atoms with van der Waals surface area (Å²) in [5, 5.41) is 4.68. The highest BCUT2D eigenvalue weighted by Gasteiger charge is 2.27. The summed E-state index contributed by atoms with van der Waals surface area (Å²) in [6.45, 7) is 0.759. The molecule has 1 aromatic heterocycles. The van der Waals surface area contributed by atoms with Crippen LogP contribution in [-0.2, 0) is 6.42 Å². The van der Waals surface area contributed by atoms with Crippen LogP contribution in [-0.4, -0.2) is 16.5 Å². The molecule has 1 aromatic carbocycles. The Kier molecular flexibility index (Phi) is 4.67. The molecule has 0 unspecified atom stereocenters. The molecule has 0 radical (unpaired) electrons. The zero-order valence-corrected chi connectivity index (χ0v) is 14.3. The zero-order valence-electron chi connectivity index (χ0n) is 11.2. The van der Waals surface area contributed by atoms with Crippen LogP contribution in [0.15, 0.2) is 28.9 Å². The molecule has 1 aliphatic carbocycles. The van der Waals surface area contributed by atoms with Gasteiger partial charge in [0.05, 0.1) is 0 Å². The van der Waals surface area contributed by atoms with Crippen LogP contribution >= 0.6 is 39.1 Å². The van der Waals surface area contributed by atoms with E-state index in [1.807, 2.05) is 18.2 Å². The Labute approximate surface area is 142 Å². The molecule has 0 spiro atoms. The highest BCUT2D eigenvalue weighted by molar-refractivity contribution is 9.10. The Morgan fingerprint density at radius 1 is 1.19 bits per heavy atom. The monoisotopic (exact) mass is 385 g/mol. The first-order chi connectivity index (χ1) is 10.1. The lowest BCUT2D eigenvalue weighted by Gasteiger charge is -2.09. The largest absolute Gasteiger partial charge is 0.370 e. The number of benzene rings is 1. The van der Waals surface area contributed by atoms with Crippen LogP contribution in [0.4, 0.5) is 5.82 Å². The third-order valence-corrected chi connectivity index (χ3v) is 4.36. The summed E-state index contributed by atoms with van der Waals surface area (Å²) >= 11 is 15.5. The molecule has 6 heteroatoms. The summed E-state index contributed by atoms with van der Waals surface area (Å²) in [6, 6.07) is 7.48. The molecule has 0 amide bonds. The molecular weight excluding hydrogens is 373 g/mol. The Bertz CT molecular complexity index is 659. The summed E-state index contributed by atoms with van der Waals surface area (Å²) in [4.78, 5) is 8.97. The Morgan fingerprint density at radius 2 is 2.00 bits per heavy atom. The Morgan fingerprint density at radius 3 is 2.71 bits per heavy atom. The summed E-state index contributed by atoms with van der Waals surface area (Å²) in [5.41, 5.74) is 1.07. The van der Waals surface area contributed by atoms with E-state index in [4.69, 9.17) is 23.2 Å². The number of aromatic nitrogens is 2. The first-order valence-electron chi connectivity index (χ1n) is 6.84. The highest BCUT2D eigenvalue weighted by Crippen LogP contribution is 2.38. The molecule has 3 rings (SSSR count). The predicted octanol–water partition coefficient (Wildman–Crippen LogP) is 5.08. The standard InChI is InChI=1S/C15H14BrCl2N3/c16-13-8-14(21-15(20-13)10-1-2-10)19-6-5-9-3-4-11(17)7-12(9)18/h3-4,7-8,10H,1-2,5-6H2,(H,19,20,21). The molecule has 0 saturated heterocycles. The maximum absolute atomic E-state index is 6.17. The highest BCUT2D eigenvalue weighted by atomic mass is 79.9. The molecule has 0 bridgehead atoms. The molecule has 21 heavy (non-hydrogen) atoms. The number of nitrogens with zero attached hydrogens (tertiary/aromatic N) is 2. The number of anilines is 1. The number of rotatable bonds is 5. The van der Waals surface area contributed by atoms with Crippen LogP contribution in [0.5, 0.6) is 0 Å². The van der Waals surface area contributed by atoms with Crippen molar-refractivity contribution in [1.82, 2.24) is 9.97 Å². The van der Waals surface area contributed by atoms with Gasteiger partial charge in [0.25, 0.3) is 0 Å². The fourth-order valence-corrected chi connectivity index (χ4v) is 3.00. The van der Waals surface area contributed by atoms with Gasteiger partial charge in [0.15, 0.2) is 0 Å². The fourth-order valence-electron chi connectivity index (χ4n) is 2.10. The number of hydrogen-bond donors (Lipinski definition) is 1. The molecule has 0 atom stereocenters. The SMILES string of the molecule is Clc1ccc(CCNc2cc(Br)nc(C3CC3)n2)c(Cl)c1. The second kappa shape index (κ2) is 6.51. The first-order valence-corrected chi connectivity index (χ1v) is 8.39. The van der Waals surface area contributed by atoms with E-state index in [0.717, 1.165) is 34.8 Å². The van der Waals surface area contributed by atoms with Gasteiger partial charge in [-0.15, -0.1) is 0 Å². The quantitative estimate of drug-likeness (QED) is 0.728. The lowest BCUT2D eigenvalue weighted by molar-refractivity contribution is 0.905. The molecule has 3 nitrogen and oxygen atoms in total. The van der Waals surface area contributed by atoms with Gasteiger partial charge in [0.2, 0.25) is 0 Å². The molecule has 1 N–H and O–H groups in total. The van der Waals surface area contributed by atoms with E-state index in [1.165, 1.54) is 12.8 Å². The third kappa shape index (κ3) is 4.09. The first kappa shape index (κ1) is 15.1. The van der Waals surface area contributed by atoms with Gasteiger partial charge in [-0.25, -0.2) is 9.97 Å². The minimum absolute atomic E-state index is 0.536. The minimum atomic E-state index is 0.536. The van der Waals surface area contributed by atoms with Crippen molar-refractivity contribution in [1.29, 1.82) is 0 Å².